The fourth-order valence-electron chi connectivity index (χ4n) is 9.34. The lowest BCUT2D eigenvalue weighted by Crippen LogP contribution is -2.63. The quantitative estimate of drug-likeness (QED) is 0.0293. The van der Waals surface area contributed by atoms with Gasteiger partial charge in [0.1, 0.15) is 54.4 Å². The summed E-state index contributed by atoms with van der Waals surface area (Å²) >= 11 is 0. The van der Waals surface area contributed by atoms with Crippen LogP contribution in [-0.4, -0.2) is 194 Å². The molecule has 1 heterocycles. The zero-order valence-electron chi connectivity index (χ0n) is 51.7. The van der Waals surface area contributed by atoms with Gasteiger partial charge in [0.25, 0.3) is 0 Å². The van der Waals surface area contributed by atoms with Gasteiger partial charge >= 0.3 is 0 Å². The summed E-state index contributed by atoms with van der Waals surface area (Å²) in [5.74, 6) is -14.9. The molecule has 1 aliphatic rings. The minimum absolute atomic E-state index is 0.0179. The van der Waals surface area contributed by atoms with Crippen LogP contribution in [0.5, 0.6) is 0 Å². The molecule has 0 aromatic carbocycles. The molecule has 0 radical (unpaired) electrons. The van der Waals surface area contributed by atoms with E-state index in [1.54, 1.807) is 0 Å². The molecule has 1 rings (SSSR count). The van der Waals surface area contributed by atoms with Gasteiger partial charge in [0.15, 0.2) is 0 Å². The van der Waals surface area contributed by atoms with Gasteiger partial charge in [-0.15, -0.1) is 0 Å². The van der Waals surface area contributed by atoms with Gasteiger partial charge < -0.3 is 95.9 Å². The number of hydrogen-bond acceptors (Lipinski definition) is 18. The van der Waals surface area contributed by atoms with E-state index in [0.29, 0.717) is 44.9 Å². The number of nitrogens with one attached hydrogen (secondary N) is 10. The van der Waals surface area contributed by atoms with Gasteiger partial charge in [-0.1, -0.05) is 104 Å². The van der Waals surface area contributed by atoms with Crippen LogP contribution in [0, 0.1) is 0 Å². The number of primary amides is 3. The molecule has 0 unspecified atom stereocenters. The van der Waals surface area contributed by atoms with Crippen LogP contribution in [0.2, 0.25) is 0 Å². The first-order valence-electron chi connectivity index (χ1n) is 30.7. The molecule has 1 saturated heterocycles. The van der Waals surface area contributed by atoms with Crippen molar-refractivity contribution in [3.63, 3.8) is 0 Å². The Morgan fingerprint density at radius 2 is 0.864 bits per heavy atom. The van der Waals surface area contributed by atoms with Crippen molar-refractivity contribution >= 4 is 76.8 Å². The van der Waals surface area contributed by atoms with E-state index in [1.165, 1.54) is 0 Å². The van der Waals surface area contributed by atoms with Crippen molar-refractivity contribution in [3.8, 4) is 0 Å². The normalized spacial score (nSPS) is 24.1. The van der Waals surface area contributed by atoms with E-state index in [9.17, 15) is 87.9 Å². The van der Waals surface area contributed by atoms with Gasteiger partial charge in [-0.2, -0.15) is 0 Å². The molecule has 13 atom stereocenters. The smallest absolute Gasteiger partial charge is 0.246 e. The van der Waals surface area contributed by atoms with Crippen LogP contribution in [0.15, 0.2) is 0 Å². The Bertz CT molecular complexity index is 2280. The Hall–Kier alpha value is -7.09. The van der Waals surface area contributed by atoms with Crippen molar-refractivity contribution in [2.24, 2.45) is 17.2 Å². The van der Waals surface area contributed by atoms with Gasteiger partial charge in [-0.25, -0.2) is 0 Å². The minimum atomic E-state index is -2.15. The van der Waals surface area contributed by atoms with E-state index in [0.717, 1.165) is 85.0 Å². The lowest BCUT2D eigenvalue weighted by Gasteiger charge is -2.29. The second kappa shape index (κ2) is 43.5. The molecule has 0 aliphatic carbocycles. The molecule has 0 spiro atoms. The van der Waals surface area contributed by atoms with Crippen LogP contribution >= 0.6 is 0 Å². The van der Waals surface area contributed by atoms with Crippen molar-refractivity contribution in [2.45, 2.75) is 268 Å². The highest BCUT2D eigenvalue weighted by Crippen LogP contribution is 2.16. The third-order valence-electron chi connectivity index (χ3n) is 14.6. The van der Waals surface area contributed by atoms with Crippen molar-refractivity contribution in [2.75, 3.05) is 13.1 Å². The number of aliphatic hydroxyl groups excluding tert-OH is 5. The summed E-state index contributed by atoms with van der Waals surface area (Å²) in [5, 5.41) is 76.2. The summed E-state index contributed by atoms with van der Waals surface area (Å²) < 4.78 is 0. The Balaban J connectivity index is 3.81. The number of carbonyl (C=O) groups is 13. The minimum Gasteiger partial charge on any atom is -0.393 e. The predicted octanol–water partition coefficient (Wildman–Crippen LogP) is -4.17. The maximum Gasteiger partial charge on any atom is 0.246 e. The maximum atomic E-state index is 14.0. The molecule has 1 aliphatic heterocycles. The zero-order chi connectivity index (χ0) is 66.5. The summed E-state index contributed by atoms with van der Waals surface area (Å²) in [5.41, 5.74) is 16.1. The van der Waals surface area contributed by atoms with Crippen LogP contribution in [-0.2, 0) is 62.3 Å². The Morgan fingerprint density at radius 3 is 1.39 bits per heavy atom. The molecule has 0 aromatic heterocycles. The van der Waals surface area contributed by atoms with E-state index in [4.69, 9.17) is 17.2 Å². The number of rotatable bonds is 31. The number of unbranched alkanes of at least 4 members (excludes halogenated alkanes) is 11. The molecule has 21 N–H and O–H groups in total. The van der Waals surface area contributed by atoms with Crippen LogP contribution in [0.4, 0.5) is 0 Å². The summed E-state index contributed by atoms with van der Waals surface area (Å²) in [6.07, 6.45) is 2.74. The van der Waals surface area contributed by atoms with Crippen LogP contribution in [0.25, 0.3) is 0 Å². The fraction of sp³-hybridized carbons (Fsp3) is 0.772. The van der Waals surface area contributed by atoms with Crippen molar-refractivity contribution < 1.29 is 87.9 Å². The van der Waals surface area contributed by atoms with Gasteiger partial charge in [-0.05, 0) is 59.3 Å². The number of hydrogen-bond donors (Lipinski definition) is 18. The maximum absolute atomic E-state index is 14.0. The van der Waals surface area contributed by atoms with Crippen LogP contribution < -0.4 is 70.4 Å². The van der Waals surface area contributed by atoms with Crippen molar-refractivity contribution in [1.29, 1.82) is 0 Å². The highest BCUT2D eigenvalue weighted by Gasteiger charge is 2.38. The van der Waals surface area contributed by atoms with Gasteiger partial charge in [0.05, 0.1) is 43.8 Å². The summed E-state index contributed by atoms with van der Waals surface area (Å²) in [7, 11) is 0. The third-order valence-corrected chi connectivity index (χ3v) is 14.6. The third kappa shape index (κ3) is 33.3. The molecule has 502 valence electrons. The molecule has 31 nitrogen and oxygen atoms in total. The van der Waals surface area contributed by atoms with E-state index in [2.05, 4.69) is 60.1 Å². The monoisotopic (exact) mass is 1260 g/mol. The number of nitrogens with two attached hydrogens (primary N) is 3. The van der Waals surface area contributed by atoms with Gasteiger partial charge in [-0.3, -0.25) is 62.3 Å². The van der Waals surface area contributed by atoms with Gasteiger partial charge in [0.2, 0.25) is 76.8 Å². The van der Waals surface area contributed by atoms with Gasteiger partial charge in [0, 0.05) is 19.4 Å². The Labute approximate surface area is 514 Å². The van der Waals surface area contributed by atoms with Crippen molar-refractivity contribution in [1.82, 2.24) is 53.2 Å². The van der Waals surface area contributed by atoms with E-state index >= 15 is 0 Å². The standard InChI is InChI=1S/C57H101N13O18/c1-6-8-10-11-12-14-18-22-36(74)24-25-38-51(82)62-31-46(79)61-27-26-45(78)64-37(23-19-16-13-15-17-21-35(73)20-9-7-2)52(83)67-41(30-44(59)77)54(85)68-40(29-43(58)76)53(84)63-32(3)50(81)66-39(28-42(75)49(60)80)55(86)69-48(34(5)72)57(88)70-47(33(4)71)56(87)65-38/h32-42,47-48,71-75H,6-31H2,1-5H3,(H2,58,76)(H2,59,77)(H2,60,80)(H,61,79)(H,62,82)(H,63,84)(H,64,78)(H,65,87)(H,66,81)(H,67,83)(H,68,85)(H,69,86)(H,70,88)/t32-,33-,34-,35-,36+,37-,38-,39-,40+,41-,42-,47+,48-/m1/s1. The average molecular weight is 1260 g/mol. The molecule has 31 heteroatoms. The average Bonchev–Trinajstić information content (AvgIpc) is 3.59. The Kier molecular flexibility index (Phi) is 39.0. The number of aliphatic hydroxyl groups is 5. The first kappa shape index (κ1) is 78.9. The molecular weight excluding hydrogens is 1150 g/mol. The number of carbonyl (C=O) groups excluding carboxylic acids is 13. The zero-order valence-corrected chi connectivity index (χ0v) is 51.7. The summed E-state index contributed by atoms with van der Waals surface area (Å²) in [6, 6.07) is -14.4. The largest absolute Gasteiger partial charge is 0.393 e. The summed E-state index contributed by atoms with van der Waals surface area (Å²) in [6.45, 7) is 6.23. The molecular formula is C57H101N13O18. The van der Waals surface area contributed by atoms with Crippen LogP contribution in [0.1, 0.15) is 189 Å². The predicted molar refractivity (Wildman–Crippen MR) is 318 cm³/mol. The fourth-order valence-corrected chi connectivity index (χ4v) is 9.34. The second-order valence-corrected chi connectivity index (χ2v) is 22.6. The first-order valence-corrected chi connectivity index (χ1v) is 30.7. The van der Waals surface area contributed by atoms with E-state index < -0.39 is 188 Å². The molecule has 1 fully saturated rings. The Morgan fingerprint density at radius 1 is 0.443 bits per heavy atom. The molecule has 13 amide bonds. The molecule has 88 heavy (non-hydrogen) atoms. The van der Waals surface area contributed by atoms with Crippen LogP contribution in [0.3, 0.4) is 0 Å². The van der Waals surface area contributed by atoms with Crippen molar-refractivity contribution in [3.05, 3.63) is 0 Å². The molecule has 0 bridgehead atoms. The lowest BCUT2D eigenvalue weighted by atomic mass is 10.0. The SMILES string of the molecule is CCCCCCCCC[C@H](O)CC[C@H]1NC(=O)[C@H]([C@@H](C)O)NC(=O)[C@@H]([C@@H](C)O)NC(=O)[C@@H](C[C@@H](O)C(N)=O)NC(=O)[C@@H](C)NC(=O)[C@H](CC(N)=O)NC(=O)[C@@H](CC(N)=O)NC(=O)[C@@H](CCCCCCC[C@H](O)CCCC)NC(=O)CCNC(=O)CNC1=O. The lowest BCUT2D eigenvalue weighted by molar-refractivity contribution is -0.139. The molecule has 0 aromatic rings. The van der Waals surface area contributed by atoms with E-state index in [1.807, 2.05) is 6.92 Å². The second-order valence-electron chi connectivity index (χ2n) is 22.6. The van der Waals surface area contributed by atoms with E-state index in [-0.39, 0.29) is 25.8 Å². The highest BCUT2D eigenvalue weighted by molar-refractivity contribution is 6.00. The molecule has 0 saturated carbocycles. The first-order chi connectivity index (χ1) is 41.5. The number of amides is 13. The highest BCUT2D eigenvalue weighted by atomic mass is 16.3. The summed E-state index contributed by atoms with van der Waals surface area (Å²) in [4.78, 5) is 174. The topological polar surface area (TPSA) is 521 Å².